The van der Waals surface area contributed by atoms with Crippen molar-refractivity contribution >= 4 is 0 Å². The van der Waals surface area contributed by atoms with Crippen LogP contribution in [-0.4, -0.2) is 33.0 Å². The molecule has 1 aliphatic rings. The van der Waals surface area contributed by atoms with E-state index >= 15 is 0 Å². The van der Waals surface area contributed by atoms with Crippen LogP contribution in [0.3, 0.4) is 0 Å². The van der Waals surface area contributed by atoms with Gasteiger partial charge >= 0.3 is 0 Å². The maximum atomic E-state index is 5.41. The van der Waals surface area contributed by atoms with E-state index in [0.717, 1.165) is 25.8 Å². The highest BCUT2D eigenvalue weighted by Gasteiger charge is 2.19. The number of unbranched alkanes of at least 4 members (excludes halogenated alkanes) is 2. The summed E-state index contributed by atoms with van der Waals surface area (Å²) < 4.78 is 5.41. The number of nitrogens with one attached hydrogen (secondary N) is 2. The van der Waals surface area contributed by atoms with Crippen molar-refractivity contribution < 1.29 is 4.74 Å². The highest BCUT2D eigenvalue weighted by Crippen LogP contribution is 2.27. The number of hydrogen-bond acceptors (Lipinski definition) is 3. The monoisotopic (exact) mass is 228 g/mol. The summed E-state index contributed by atoms with van der Waals surface area (Å²) in [6, 6.07) is 0. The van der Waals surface area contributed by atoms with Crippen LogP contribution in [0.1, 0.15) is 45.4 Å². The van der Waals surface area contributed by atoms with Gasteiger partial charge in [-0.1, -0.05) is 13.3 Å². The van der Waals surface area contributed by atoms with Crippen LogP contribution in [-0.2, 0) is 4.74 Å². The van der Waals surface area contributed by atoms with Gasteiger partial charge in [-0.05, 0) is 57.7 Å². The van der Waals surface area contributed by atoms with Crippen LogP contribution in [0.2, 0.25) is 0 Å². The molecule has 1 fully saturated rings. The number of hydrogen-bond donors (Lipinski definition) is 2. The average molecular weight is 228 g/mol. The summed E-state index contributed by atoms with van der Waals surface area (Å²) in [4.78, 5) is 0. The van der Waals surface area contributed by atoms with Crippen LogP contribution in [0.5, 0.6) is 0 Å². The molecule has 0 unspecified atom stereocenters. The van der Waals surface area contributed by atoms with E-state index in [9.17, 15) is 0 Å². The van der Waals surface area contributed by atoms with Gasteiger partial charge in [0.2, 0.25) is 0 Å². The third-order valence-electron chi connectivity index (χ3n) is 2.93. The summed E-state index contributed by atoms with van der Waals surface area (Å²) in [5.41, 5.74) is 0. The molecular weight excluding hydrogens is 200 g/mol. The van der Waals surface area contributed by atoms with Gasteiger partial charge in [-0.25, -0.2) is 0 Å². The zero-order valence-corrected chi connectivity index (χ0v) is 10.8. The van der Waals surface area contributed by atoms with Gasteiger partial charge in [0.15, 0.2) is 0 Å². The van der Waals surface area contributed by atoms with Crippen molar-refractivity contribution in [2.24, 2.45) is 5.92 Å². The third kappa shape index (κ3) is 9.13. The molecule has 3 nitrogen and oxygen atoms in total. The number of ether oxygens (including phenoxy) is 1. The molecule has 0 aromatic heterocycles. The first-order chi connectivity index (χ1) is 7.93. The van der Waals surface area contributed by atoms with E-state index in [4.69, 9.17) is 4.74 Å². The minimum absolute atomic E-state index is 0.718. The first kappa shape index (κ1) is 13.9. The maximum absolute atomic E-state index is 5.41. The van der Waals surface area contributed by atoms with Gasteiger partial charge in [0, 0.05) is 6.61 Å². The van der Waals surface area contributed by atoms with E-state index < -0.39 is 0 Å². The van der Waals surface area contributed by atoms with Gasteiger partial charge in [0.1, 0.15) is 0 Å². The third-order valence-corrected chi connectivity index (χ3v) is 2.93. The van der Waals surface area contributed by atoms with E-state index in [0.29, 0.717) is 0 Å². The van der Waals surface area contributed by atoms with Crippen LogP contribution in [0.25, 0.3) is 0 Å². The highest BCUT2D eigenvalue weighted by molar-refractivity contribution is 4.74. The summed E-state index contributed by atoms with van der Waals surface area (Å²) in [5.74, 6) is 1.00. The lowest BCUT2D eigenvalue weighted by Crippen LogP contribution is -2.22. The Morgan fingerprint density at radius 3 is 2.50 bits per heavy atom. The Kier molecular flexibility index (Phi) is 8.77. The van der Waals surface area contributed by atoms with E-state index in [1.165, 1.54) is 51.6 Å². The maximum Gasteiger partial charge on any atom is 0.0965 e. The number of rotatable bonds is 12. The molecule has 3 heteroatoms. The second kappa shape index (κ2) is 10.1. The molecule has 96 valence electrons. The lowest BCUT2D eigenvalue weighted by atomic mass is 10.3. The highest BCUT2D eigenvalue weighted by atomic mass is 16.5. The molecular formula is C13H28N2O. The average Bonchev–Trinajstić information content (AvgIpc) is 3.10. The Morgan fingerprint density at radius 2 is 1.81 bits per heavy atom. The summed E-state index contributed by atoms with van der Waals surface area (Å²) in [6.45, 7) is 7.30. The molecule has 0 saturated heterocycles. The molecule has 1 saturated carbocycles. The van der Waals surface area contributed by atoms with Gasteiger partial charge in [-0.2, -0.15) is 0 Å². The summed E-state index contributed by atoms with van der Waals surface area (Å²) in [7, 11) is 0. The molecule has 0 aliphatic heterocycles. The van der Waals surface area contributed by atoms with Crippen molar-refractivity contribution in [3.05, 3.63) is 0 Å². The Balaban J connectivity index is 1.61. The lowest BCUT2D eigenvalue weighted by molar-refractivity contribution is 0.114. The van der Waals surface area contributed by atoms with Crippen LogP contribution >= 0.6 is 0 Å². The standard InChI is InChI=1S/C13H28N2O/c1-2-3-10-16-12-15-9-5-4-8-14-11-13-6-7-13/h13-15H,2-12H2,1H3. The van der Waals surface area contributed by atoms with Gasteiger partial charge < -0.3 is 10.1 Å². The smallest absolute Gasteiger partial charge is 0.0965 e. The van der Waals surface area contributed by atoms with Crippen LogP contribution in [0.4, 0.5) is 0 Å². The van der Waals surface area contributed by atoms with E-state index in [1.54, 1.807) is 0 Å². The molecule has 16 heavy (non-hydrogen) atoms. The zero-order chi connectivity index (χ0) is 11.5. The fourth-order valence-corrected chi connectivity index (χ4v) is 1.59. The van der Waals surface area contributed by atoms with E-state index in [-0.39, 0.29) is 0 Å². The SMILES string of the molecule is CCCCOCNCCCCNCC1CC1. The van der Waals surface area contributed by atoms with Crippen LogP contribution < -0.4 is 10.6 Å². The predicted octanol–water partition coefficient (Wildman–Crippen LogP) is 2.13. The molecule has 2 N–H and O–H groups in total. The first-order valence-corrected chi connectivity index (χ1v) is 6.92. The minimum atomic E-state index is 0.718. The molecule has 0 aromatic rings. The van der Waals surface area contributed by atoms with Gasteiger partial charge in [0.25, 0.3) is 0 Å². The lowest BCUT2D eigenvalue weighted by Gasteiger charge is -2.06. The van der Waals surface area contributed by atoms with Gasteiger partial charge in [-0.3, -0.25) is 5.32 Å². The summed E-state index contributed by atoms with van der Waals surface area (Å²) in [6.07, 6.45) is 7.80. The summed E-state index contributed by atoms with van der Waals surface area (Å²) in [5, 5.41) is 6.81. The second-order valence-electron chi connectivity index (χ2n) is 4.76. The Labute approximate surface area is 100 Å². The first-order valence-electron chi connectivity index (χ1n) is 6.92. The normalized spacial score (nSPS) is 15.6. The molecule has 0 amide bonds. The molecule has 0 heterocycles. The van der Waals surface area contributed by atoms with Crippen LogP contribution in [0, 0.1) is 5.92 Å². The molecule has 0 atom stereocenters. The fourth-order valence-electron chi connectivity index (χ4n) is 1.59. The minimum Gasteiger partial charge on any atom is -0.366 e. The molecule has 0 radical (unpaired) electrons. The molecule has 1 rings (SSSR count). The van der Waals surface area contributed by atoms with Crippen LogP contribution in [0.15, 0.2) is 0 Å². The molecule has 0 spiro atoms. The van der Waals surface area contributed by atoms with Gasteiger partial charge in [0.05, 0.1) is 6.73 Å². The van der Waals surface area contributed by atoms with Crippen molar-refractivity contribution in [2.75, 3.05) is 33.0 Å². The Morgan fingerprint density at radius 1 is 1.06 bits per heavy atom. The zero-order valence-electron chi connectivity index (χ0n) is 10.8. The van der Waals surface area contributed by atoms with Gasteiger partial charge in [-0.15, -0.1) is 0 Å². The molecule has 0 aromatic carbocycles. The fraction of sp³-hybridized carbons (Fsp3) is 1.00. The molecule has 0 bridgehead atoms. The largest absolute Gasteiger partial charge is 0.366 e. The topological polar surface area (TPSA) is 33.3 Å². The Hall–Kier alpha value is -0.120. The van der Waals surface area contributed by atoms with E-state index in [2.05, 4.69) is 17.6 Å². The molecule has 1 aliphatic carbocycles. The Bertz CT molecular complexity index is 149. The summed E-state index contributed by atoms with van der Waals surface area (Å²) >= 11 is 0. The van der Waals surface area contributed by atoms with E-state index in [1.807, 2.05) is 0 Å². The van der Waals surface area contributed by atoms with Crippen molar-refractivity contribution in [3.8, 4) is 0 Å². The predicted molar refractivity (Wildman–Crippen MR) is 68.6 cm³/mol. The van der Waals surface area contributed by atoms with Crippen molar-refractivity contribution in [2.45, 2.75) is 45.4 Å². The van der Waals surface area contributed by atoms with Crippen molar-refractivity contribution in [1.82, 2.24) is 10.6 Å². The second-order valence-corrected chi connectivity index (χ2v) is 4.76. The van der Waals surface area contributed by atoms with Crippen molar-refractivity contribution in [3.63, 3.8) is 0 Å². The quantitative estimate of drug-likeness (QED) is 0.396. The van der Waals surface area contributed by atoms with Crippen molar-refractivity contribution in [1.29, 1.82) is 0 Å².